The van der Waals surface area contributed by atoms with Gasteiger partial charge in [0, 0.05) is 4.88 Å². The summed E-state index contributed by atoms with van der Waals surface area (Å²) in [5, 5.41) is 7.92. The summed E-state index contributed by atoms with van der Waals surface area (Å²) in [6.45, 7) is 4.87. The molecule has 1 aromatic rings. The highest BCUT2D eigenvalue weighted by atomic mass is 32.1. The van der Waals surface area contributed by atoms with E-state index in [1.165, 1.54) is 4.88 Å². The van der Waals surface area contributed by atoms with Gasteiger partial charge < -0.3 is 5.32 Å². The fourth-order valence-electron chi connectivity index (χ4n) is 1.51. The molecule has 1 rings (SSSR count). The molecule has 1 unspecified atom stereocenters. The van der Waals surface area contributed by atoms with Gasteiger partial charge in [-0.1, -0.05) is 25.8 Å². The van der Waals surface area contributed by atoms with Crippen LogP contribution in [-0.4, -0.2) is 19.0 Å². The Kier molecular flexibility index (Phi) is 5.75. The highest BCUT2D eigenvalue weighted by molar-refractivity contribution is 7.10. The Hall–Kier alpha value is -1.31. The van der Waals surface area contributed by atoms with Gasteiger partial charge in [0.2, 0.25) is 5.91 Å². The topological polar surface area (TPSA) is 41.1 Å². The number of carbonyl (C=O) groups excluding carboxylic acids is 1. The third-order valence-corrected chi connectivity index (χ3v) is 3.30. The quantitative estimate of drug-likeness (QED) is 0.597. The maximum Gasteiger partial charge on any atom is 0.234 e. The van der Waals surface area contributed by atoms with Crippen LogP contribution in [0.1, 0.15) is 24.8 Å². The molecule has 0 aliphatic rings. The summed E-state index contributed by atoms with van der Waals surface area (Å²) < 4.78 is 0. The molecule has 3 nitrogen and oxygen atoms in total. The van der Waals surface area contributed by atoms with Crippen molar-refractivity contribution in [2.24, 2.45) is 5.92 Å². The number of terminal acetylenes is 1. The van der Waals surface area contributed by atoms with Crippen molar-refractivity contribution >= 4 is 17.2 Å². The minimum Gasteiger partial charge on any atom is -0.347 e. The molecule has 0 saturated heterocycles. The Morgan fingerprint density at radius 2 is 2.35 bits per heavy atom. The second kappa shape index (κ2) is 7.10. The standard InChI is InChI=1S/C13H18N2OS/c1-4-7-14-9-12(16)15-13(10(2)3)11-6-5-8-17-11/h1,5-6,8,10,13-14H,7,9H2,2-3H3,(H,15,16). The highest BCUT2D eigenvalue weighted by Gasteiger charge is 2.18. The van der Waals surface area contributed by atoms with Gasteiger partial charge in [0.1, 0.15) is 0 Å². The second-order valence-electron chi connectivity index (χ2n) is 4.11. The van der Waals surface area contributed by atoms with Crippen molar-refractivity contribution in [2.75, 3.05) is 13.1 Å². The molecule has 2 N–H and O–H groups in total. The summed E-state index contributed by atoms with van der Waals surface area (Å²) in [6, 6.07) is 4.12. The minimum absolute atomic E-state index is 0.0210. The number of carbonyl (C=O) groups is 1. The first-order chi connectivity index (χ1) is 8.15. The Morgan fingerprint density at radius 3 is 2.88 bits per heavy atom. The van der Waals surface area contributed by atoms with Gasteiger partial charge in [-0.2, -0.15) is 0 Å². The normalized spacial score (nSPS) is 12.1. The molecule has 17 heavy (non-hydrogen) atoms. The van der Waals surface area contributed by atoms with E-state index in [-0.39, 0.29) is 18.5 Å². The average molecular weight is 250 g/mol. The van der Waals surface area contributed by atoms with Gasteiger partial charge in [-0.05, 0) is 17.4 Å². The molecule has 0 saturated carbocycles. The molecule has 0 fully saturated rings. The maximum atomic E-state index is 11.7. The average Bonchev–Trinajstić information content (AvgIpc) is 2.79. The van der Waals surface area contributed by atoms with E-state index in [1.54, 1.807) is 11.3 Å². The predicted octanol–water partition coefficient (Wildman–Crippen LogP) is 1.78. The molecular weight excluding hydrogens is 232 g/mol. The SMILES string of the molecule is C#CCNCC(=O)NC(c1cccs1)C(C)C. The van der Waals surface area contributed by atoms with Crippen LogP contribution in [0.5, 0.6) is 0 Å². The van der Waals surface area contributed by atoms with Crippen molar-refractivity contribution < 1.29 is 4.79 Å². The fraction of sp³-hybridized carbons (Fsp3) is 0.462. The number of thiophene rings is 1. The van der Waals surface area contributed by atoms with E-state index in [2.05, 4.69) is 30.4 Å². The van der Waals surface area contributed by atoms with E-state index in [9.17, 15) is 4.79 Å². The zero-order valence-corrected chi connectivity index (χ0v) is 11.0. The lowest BCUT2D eigenvalue weighted by molar-refractivity contribution is -0.121. The van der Waals surface area contributed by atoms with Gasteiger partial charge in [-0.25, -0.2) is 0 Å². The third-order valence-electron chi connectivity index (χ3n) is 2.35. The van der Waals surface area contributed by atoms with E-state index in [0.717, 1.165) is 0 Å². The molecule has 92 valence electrons. The summed E-state index contributed by atoms with van der Waals surface area (Å²) in [7, 11) is 0. The van der Waals surface area contributed by atoms with Gasteiger partial charge in [0.05, 0.1) is 19.1 Å². The molecule has 1 amide bonds. The fourth-order valence-corrected chi connectivity index (χ4v) is 2.46. The highest BCUT2D eigenvalue weighted by Crippen LogP contribution is 2.25. The van der Waals surface area contributed by atoms with Crippen molar-refractivity contribution in [2.45, 2.75) is 19.9 Å². The van der Waals surface area contributed by atoms with E-state index in [4.69, 9.17) is 6.42 Å². The zero-order valence-electron chi connectivity index (χ0n) is 10.2. The molecule has 0 bridgehead atoms. The van der Waals surface area contributed by atoms with E-state index in [1.807, 2.05) is 17.5 Å². The van der Waals surface area contributed by atoms with Gasteiger partial charge >= 0.3 is 0 Å². The Bertz CT molecular complexity index is 379. The Morgan fingerprint density at radius 1 is 1.59 bits per heavy atom. The molecule has 0 aromatic carbocycles. The maximum absolute atomic E-state index is 11.7. The van der Waals surface area contributed by atoms with E-state index >= 15 is 0 Å². The summed E-state index contributed by atoms with van der Waals surface area (Å²) in [6.07, 6.45) is 5.10. The molecule has 1 aromatic heterocycles. The lowest BCUT2D eigenvalue weighted by Gasteiger charge is -2.21. The van der Waals surface area contributed by atoms with Crippen molar-refractivity contribution in [3.63, 3.8) is 0 Å². The summed E-state index contributed by atoms with van der Waals surface area (Å²) in [4.78, 5) is 12.9. The summed E-state index contributed by atoms with van der Waals surface area (Å²) in [5.74, 6) is 2.78. The predicted molar refractivity (Wildman–Crippen MR) is 71.7 cm³/mol. The number of hydrogen-bond acceptors (Lipinski definition) is 3. The van der Waals surface area contributed by atoms with E-state index in [0.29, 0.717) is 12.5 Å². The Balaban J connectivity index is 2.51. The molecule has 0 spiro atoms. The molecule has 4 heteroatoms. The van der Waals surface area contributed by atoms with Crippen molar-refractivity contribution in [1.29, 1.82) is 0 Å². The first kappa shape index (κ1) is 13.8. The van der Waals surface area contributed by atoms with Crippen LogP contribution in [0.15, 0.2) is 17.5 Å². The molecule has 1 heterocycles. The van der Waals surface area contributed by atoms with Crippen LogP contribution in [0.4, 0.5) is 0 Å². The number of hydrogen-bond donors (Lipinski definition) is 2. The third kappa shape index (κ3) is 4.59. The molecular formula is C13H18N2OS. The first-order valence-electron chi connectivity index (χ1n) is 5.62. The molecule has 0 radical (unpaired) electrons. The van der Waals surface area contributed by atoms with Crippen molar-refractivity contribution in [3.8, 4) is 12.3 Å². The second-order valence-corrected chi connectivity index (χ2v) is 5.09. The minimum atomic E-state index is -0.0210. The number of nitrogens with one attached hydrogen (secondary N) is 2. The van der Waals surface area contributed by atoms with Crippen LogP contribution in [0.2, 0.25) is 0 Å². The van der Waals surface area contributed by atoms with Crippen LogP contribution in [0.3, 0.4) is 0 Å². The van der Waals surface area contributed by atoms with E-state index < -0.39 is 0 Å². The van der Waals surface area contributed by atoms with Gasteiger partial charge in [-0.15, -0.1) is 17.8 Å². The zero-order chi connectivity index (χ0) is 12.7. The number of amides is 1. The lowest BCUT2D eigenvalue weighted by atomic mass is 10.0. The van der Waals surface area contributed by atoms with Crippen LogP contribution in [0.25, 0.3) is 0 Å². The lowest BCUT2D eigenvalue weighted by Crippen LogP contribution is -2.37. The van der Waals surface area contributed by atoms with Gasteiger partial charge in [0.25, 0.3) is 0 Å². The largest absolute Gasteiger partial charge is 0.347 e. The first-order valence-corrected chi connectivity index (χ1v) is 6.50. The number of rotatable bonds is 6. The van der Waals surface area contributed by atoms with Gasteiger partial charge in [0.15, 0.2) is 0 Å². The summed E-state index contributed by atoms with van der Waals surface area (Å²) >= 11 is 1.66. The summed E-state index contributed by atoms with van der Waals surface area (Å²) in [5.41, 5.74) is 0. The molecule has 0 aliphatic heterocycles. The Labute approximate surface area is 107 Å². The smallest absolute Gasteiger partial charge is 0.234 e. The van der Waals surface area contributed by atoms with Crippen LogP contribution in [-0.2, 0) is 4.79 Å². The van der Waals surface area contributed by atoms with Crippen LogP contribution in [0, 0.1) is 18.3 Å². The molecule has 0 aliphatic carbocycles. The van der Waals surface area contributed by atoms with Crippen LogP contribution < -0.4 is 10.6 Å². The van der Waals surface area contributed by atoms with Crippen LogP contribution >= 0.6 is 11.3 Å². The van der Waals surface area contributed by atoms with Crippen molar-refractivity contribution in [1.82, 2.24) is 10.6 Å². The monoisotopic (exact) mass is 250 g/mol. The molecule has 1 atom stereocenters. The van der Waals surface area contributed by atoms with Gasteiger partial charge in [-0.3, -0.25) is 10.1 Å². The van der Waals surface area contributed by atoms with Crippen molar-refractivity contribution in [3.05, 3.63) is 22.4 Å².